The molecule has 3 aliphatic rings. The summed E-state index contributed by atoms with van der Waals surface area (Å²) in [5.41, 5.74) is -0.112. The third-order valence-electron chi connectivity index (χ3n) is 5.97. The van der Waals surface area contributed by atoms with E-state index in [1.165, 1.54) is 6.42 Å². The maximum Gasteiger partial charge on any atom is 0.258 e. The van der Waals surface area contributed by atoms with Crippen LogP contribution in [0.15, 0.2) is 18.2 Å². The quantitative estimate of drug-likeness (QED) is 0.837. The maximum atomic E-state index is 13.2. The summed E-state index contributed by atoms with van der Waals surface area (Å²) in [5.74, 6) is 0.221. The summed E-state index contributed by atoms with van der Waals surface area (Å²) in [6.07, 6.45) is 6.93. The zero-order valence-electron chi connectivity index (χ0n) is 16.0. The molecule has 2 aliphatic heterocycles. The number of amides is 2. The van der Waals surface area contributed by atoms with Crippen molar-refractivity contribution in [3.63, 3.8) is 0 Å². The molecule has 1 saturated heterocycles. The fourth-order valence-electron chi connectivity index (χ4n) is 4.44. The van der Waals surface area contributed by atoms with Gasteiger partial charge in [-0.2, -0.15) is 0 Å². The molecule has 2 heterocycles. The molecule has 0 radical (unpaired) electrons. The number of rotatable bonds is 3. The van der Waals surface area contributed by atoms with E-state index in [0.29, 0.717) is 48.9 Å². The van der Waals surface area contributed by atoms with Crippen molar-refractivity contribution in [3.05, 3.63) is 28.8 Å². The Morgan fingerprint density at radius 1 is 1.21 bits per heavy atom. The number of benzene rings is 1. The first kappa shape index (κ1) is 19.5. The number of hydrogen-bond donors (Lipinski definition) is 1. The summed E-state index contributed by atoms with van der Waals surface area (Å²) in [7, 11) is 0. The van der Waals surface area contributed by atoms with Crippen LogP contribution in [0, 0.1) is 0 Å². The molecular weight excluding hydrogens is 380 g/mol. The molecule has 6 nitrogen and oxygen atoms in total. The molecular formula is C21H27ClN2O4. The van der Waals surface area contributed by atoms with E-state index in [1.807, 2.05) is 0 Å². The van der Waals surface area contributed by atoms with Crippen molar-refractivity contribution in [3.8, 4) is 5.75 Å². The van der Waals surface area contributed by atoms with Crippen LogP contribution in [0.1, 0.15) is 55.3 Å². The molecule has 152 valence electrons. The molecule has 1 aromatic rings. The monoisotopic (exact) mass is 406 g/mol. The minimum atomic E-state index is -0.530. The van der Waals surface area contributed by atoms with Gasteiger partial charge in [0, 0.05) is 23.9 Å². The Hall–Kier alpha value is -1.79. The van der Waals surface area contributed by atoms with Crippen LogP contribution < -0.4 is 10.1 Å². The zero-order chi connectivity index (χ0) is 19.6. The van der Waals surface area contributed by atoms with Gasteiger partial charge in [-0.15, -0.1) is 0 Å². The molecule has 4 rings (SSSR count). The molecule has 1 aromatic carbocycles. The summed E-state index contributed by atoms with van der Waals surface area (Å²) >= 11 is 6.13. The molecule has 28 heavy (non-hydrogen) atoms. The minimum absolute atomic E-state index is 0.0350. The highest BCUT2D eigenvalue weighted by Gasteiger charge is 2.42. The van der Waals surface area contributed by atoms with E-state index in [9.17, 15) is 9.59 Å². The lowest BCUT2D eigenvalue weighted by Gasteiger charge is -2.38. The van der Waals surface area contributed by atoms with E-state index in [0.717, 1.165) is 25.7 Å². The lowest BCUT2D eigenvalue weighted by molar-refractivity contribution is -0.123. The SMILES string of the molecule is O=C(CN1CC2(CCOCC2)Oc2ccc(Cl)cc2C1=O)NC1CCCCC1. The second-order valence-corrected chi connectivity index (χ2v) is 8.54. The number of hydrogen-bond acceptors (Lipinski definition) is 4. The Morgan fingerprint density at radius 3 is 2.71 bits per heavy atom. The van der Waals surface area contributed by atoms with Crippen LogP contribution in [0.3, 0.4) is 0 Å². The molecule has 2 fully saturated rings. The van der Waals surface area contributed by atoms with Gasteiger partial charge in [0.2, 0.25) is 5.91 Å². The predicted molar refractivity (Wildman–Crippen MR) is 106 cm³/mol. The summed E-state index contributed by atoms with van der Waals surface area (Å²) in [6.45, 7) is 1.57. The summed E-state index contributed by atoms with van der Waals surface area (Å²) in [4.78, 5) is 27.5. The van der Waals surface area contributed by atoms with E-state index in [-0.39, 0.29) is 24.4 Å². The summed E-state index contributed by atoms with van der Waals surface area (Å²) in [5, 5.41) is 3.59. The van der Waals surface area contributed by atoms with Gasteiger partial charge in [-0.1, -0.05) is 30.9 Å². The van der Waals surface area contributed by atoms with Gasteiger partial charge in [-0.05, 0) is 31.0 Å². The van der Waals surface area contributed by atoms with Gasteiger partial charge in [0.15, 0.2) is 0 Å². The van der Waals surface area contributed by atoms with Crippen LogP contribution in [-0.4, -0.2) is 54.7 Å². The number of halogens is 1. The number of fused-ring (bicyclic) bond motifs is 1. The van der Waals surface area contributed by atoms with Gasteiger partial charge in [-0.25, -0.2) is 0 Å². The Balaban J connectivity index is 1.55. The zero-order valence-corrected chi connectivity index (χ0v) is 16.8. The third-order valence-corrected chi connectivity index (χ3v) is 6.21. The van der Waals surface area contributed by atoms with Gasteiger partial charge < -0.3 is 19.7 Å². The van der Waals surface area contributed by atoms with Crippen molar-refractivity contribution >= 4 is 23.4 Å². The Morgan fingerprint density at radius 2 is 1.96 bits per heavy atom. The standard InChI is InChI=1S/C21H27ClN2O4/c22-15-6-7-18-17(12-15)20(26)24(14-21(28-18)8-10-27-11-9-21)13-19(25)23-16-4-2-1-3-5-16/h6-7,12,16H,1-5,8-11,13-14H2,(H,23,25). The molecule has 7 heteroatoms. The summed E-state index contributed by atoms with van der Waals surface area (Å²) in [6, 6.07) is 5.33. The van der Waals surface area contributed by atoms with Crippen LogP contribution in [0.5, 0.6) is 5.75 Å². The molecule has 0 atom stereocenters. The van der Waals surface area contributed by atoms with Crippen LogP contribution >= 0.6 is 11.6 Å². The normalized spacial score (nSPS) is 22.3. The van der Waals surface area contributed by atoms with Crippen LogP contribution in [0.2, 0.25) is 5.02 Å². The molecule has 2 amide bonds. The molecule has 0 unspecified atom stereocenters. The first-order chi connectivity index (χ1) is 13.5. The Kier molecular flexibility index (Phi) is 5.78. The second kappa shape index (κ2) is 8.29. The van der Waals surface area contributed by atoms with Crippen molar-refractivity contribution in [2.24, 2.45) is 0 Å². The number of nitrogens with zero attached hydrogens (tertiary/aromatic N) is 1. The van der Waals surface area contributed by atoms with Gasteiger partial charge >= 0.3 is 0 Å². The predicted octanol–water partition coefficient (Wildman–Crippen LogP) is 3.17. The minimum Gasteiger partial charge on any atom is -0.484 e. The third kappa shape index (κ3) is 4.28. The number of ether oxygens (including phenoxy) is 2. The fraction of sp³-hybridized carbons (Fsp3) is 0.619. The van der Waals surface area contributed by atoms with Gasteiger partial charge in [0.1, 0.15) is 17.9 Å². The Labute approximate surface area is 170 Å². The first-order valence-electron chi connectivity index (χ1n) is 10.2. The number of nitrogens with one attached hydrogen (secondary N) is 1. The largest absolute Gasteiger partial charge is 0.484 e. The molecule has 1 spiro atoms. The van der Waals surface area contributed by atoms with Crippen molar-refractivity contribution in [2.45, 2.75) is 56.6 Å². The molecule has 1 aliphatic carbocycles. The van der Waals surface area contributed by atoms with Gasteiger partial charge in [-0.3, -0.25) is 9.59 Å². The van der Waals surface area contributed by atoms with E-state index in [1.54, 1.807) is 23.1 Å². The van der Waals surface area contributed by atoms with E-state index in [2.05, 4.69) is 5.32 Å². The lowest BCUT2D eigenvalue weighted by Crippen LogP contribution is -2.53. The first-order valence-corrected chi connectivity index (χ1v) is 10.6. The molecule has 0 aromatic heterocycles. The smallest absolute Gasteiger partial charge is 0.258 e. The topological polar surface area (TPSA) is 67.9 Å². The summed E-state index contributed by atoms with van der Waals surface area (Å²) < 4.78 is 11.8. The fourth-order valence-corrected chi connectivity index (χ4v) is 4.61. The lowest BCUT2D eigenvalue weighted by atomic mass is 9.93. The molecule has 1 N–H and O–H groups in total. The van der Waals surface area contributed by atoms with E-state index >= 15 is 0 Å². The van der Waals surface area contributed by atoms with Crippen molar-refractivity contribution in [1.29, 1.82) is 0 Å². The average molecular weight is 407 g/mol. The van der Waals surface area contributed by atoms with Crippen molar-refractivity contribution in [2.75, 3.05) is 26.3 Å². The highest BCUT2D eigenvalue weighted by molar-refractivity contribution is 6.31. The van der Waals surface area contributed by atoms with Crippen molar-refractivity contribution < 1.29 is 19.1 Å². The average Bonchev–Trinajstić information content (AvgIpc) is 2.79. The van der Waals surface area contributed by atoms with Gasteiger partial charge in [0.05, 0.1) is 25.3 Å². The number of carbonyl (C=O) groups is 2. The molecule has 0 bridgehead atoms. The van der Waals surface area contributed by atoms with E-state index < -0.39 is 5.60 Å². The van der Waals surface area contributed by atoms with Gasteiger partial charge in [0.25, 0.3) is 5.91 Å². The Bertz CT molecular complexity index is 742. The van der Waals surface area contributed by atoms with Crippen LogP contribution in [-0.2, 0) is 9.53 Å². The van der Waals surface area contributed by atoms with Crippen molar-refractivity contribution in [1.82, 2.24) is 10.2 Å². The molecule has 1 saturated carbocycles. The van der Waals surface area contributed by atoms with Crippen LogP contribution in [0.25, 0.3) is 0 Å². The van der Waals surface area contributed by atoms with E-state index in [4.69, 9.17) is 21.1 Å². The second-order valence-electron chi connectivity index (χ2n) is 8.10. The highest BCUT2D eigenvalue weighted by Crippen LogP contribution is 2.36. The number of carbonyl (C=O) groups excluding carboxylic acids is 2. The highest BCUT2D eigenvalue weighted by atomic mass is 35.5. The maximum absolute atomic E-state index is 13.2. The van der Waals surface area contributed by atoms with Crippen LogP contribution in [0.4, 0.5) is 0 Å².